The van der Waals surface area contributed by atoms with E-state index in [-0.39, 0.29) is 0 Å². The van der Waals surface area contributed by atoms with Crippen LogP contribution in [0.3, 0.4) is 0 Å². The fourth-order valence-corrected chi connectivity index (χ4v) is 2.58. The summed E-state index contributed by atoms with van der Waals surface area (Å²) >= 11 is 1.53. The van der Waals surface area contributed by atoms with Crippen molar-refractivity contribution in [3.8, 4) is 10.7 Å². The van der Waals surface area contributed by atoms with E-state index in [1.807, 2.05) is 48.7 Å². The molecule has 0 amide bonds. The minimum Gasteiger partial charge on any atom is -0.295 e. The quantitative estimate of drug-likeness (QED) is 0.736. The lowest BCUT2D eigenvalue weighted by atomic mass is 10.1. The molecule has 0 spiro atoms. The summed E-state index contributed by atoms with van der Waals surface area (Å²) in [7, 11) is 0. The van der Waals surface area contributed by atoms with Crippen LogP contribution in [0.2, 0.25) is 0 Å². The maximum absolute atomic E-state index is 11.7. The van der Waals surface area contributed by atoms with E-state index in [0.29, 0.717) is 12.4 Å². The van der Waals surface area contributed by atoms with Crippen molar-refractivity contribution < 1.29 is 4.52 Å². The van der Waals surface area contributed by atoms with Crippen LogP contribution in [0.5, 0.6) is 0 Å². The van der Waals surface area contributed by atoms with Gasteiger partial charge in [0.05, 0.1) is 11.4 Å². The summed E-state index contributed by atoms with van der Waals surface area (Å²) in [5.74, 6) is 0.157. The Bertz CT molecular complexity index is 724. The van der Waals surface area contributed by atoms with Crippen LogP contribution in [0.15, 0.2) is 51.1 Å². The second-order valence-corrected chi connectivity index (χ2v) is 5.27. The number of hydrogen-bond acceptors (Lipinski definition) is 4. The molecule has 0 saturated heterocycles. The molecule has 96 valence electrons. The third-order valence-corrected chi connectivity index (χ3v) is 3.75. The summed E-state index contributed by atoms with van der Waals surface area (Å²) in [6, 6.07) is 11.9. The third-order valence-electron chi connectivity index (χ3n) is 2.89. The van der Waals surface area contributed by atoms with E-state index < -0.39 is 5.76 Å². The lowest BCUT2D eigenvalue weighted by Gasteiger charge is -2.03. The van der Waals surface area contributed by atoms with Gasteiger partial charge in [0, 0.05) is 0 Å². The van der Waals surface area contributed by atoms with Gasteiger partial charge in [-0.05, 0) is 23.9 Å². The summed E-state index contributed by atoms with van der Waals surface area (Å²) in [6.07, 6.45) is 0. The Morgan fingerprint density at radius 1 is 1.26 bits per heavy atom. The topological polar surface area (TPSA) is 48.0 Å². The van der Waals surface area contributed by atoms with Crippen molar-refractivity contribution in [1.82, 2.24) is 9.72 Å². The Hall–Kier alpha value is -2.14. The highest BCUT2D eigenvalue weighted by atomic mass is 32.1. The molecule has 0 N–H and O–H groups in total. The van der Waals surface area contributed by atoms with Gasteiger partial charge >= 0.3 is 5.76 Å². The van der Waals surface area contributed by atoms with Gasteiger partial charge in [-0.15, -0.1) is 11.3 Å². The molecule has 2 heterocycles. The van der Waals surface area contributed by atoms with E-state index in [9.17, 15) is 4.79 Å². The summed E-state index contributed by atoms with van der Waals surface area (Å²) in [6.45, 7) is 2.50. The number of aryl methyl sites for hydroxylation is 1. The molecule has 3 rings (SSSR count). The molecular formula is C14H12N2O2S. The molecule has 0 unspecified atom stereocenters. The highest BCUT2D eigenvalue weighted by Gasteiger charge is 2.13. The van der Waals surface area contributed by atoms with E-state index in [1.165, 1.54) is 16.9 Å². The van der Waals surface area contributed by atoms with Crippen LogP contribution in [0.4, 0.5) is 0 Å². The number of nitrogens with zero attached hydrogens (tertiary/aromatic N) is 2. The molecule has 0 radical (unpaired) electrons. The highest BCUT2D eigenvalue weighted by molar-refractivity contribution is 7.13. The number of benzene rings is 1. The van der Waals surface area contributed by atoms with Crippen LogP contribution in [0.1, 0.15) is 11.1 Å². The van der Waals surface area contributed by atoms with Gasteiger partial charge < -0.3 is 0 Å². The predicted octanol–water partition coefficient (Wildman–Crippen LogP) is 2.92. The van der Waals surface area contributed by atoms with Gasteiger partial charge in [-0.25, -0.2) is 4.79 Å². The number of rotatable bonds is 3. The van der Waals surface area contributed by atoms with Crippen LogP contribution < -0.4 is 5.76 Å². The minimum absolute atomic E-state index is 0.427. The zero-order valence-electron chi connectivity index (χ0n) is 10.4. The van der Waals surface area contributed by atoms with Gasteiger partial charge in [-0.1, -0.05) is 41.1 Å². The molecule has 0 saturated carbocycles. The van der Waals surface area contributed by atoms with E-state index in [2.05, 4.69) is 5.16 Å². The van der Waals surface area contributed by atoms with Crippen LogP contribution in [-0.4, -0.2) is 9.72 Å². The zero-order chi connectivity index (χ0) is 13.2. The van der Waals surface area contributed by atoms with Crippen LogP contribution in [0.25, 0.3) is 10.7 Å². The molecule has 0 bridgehead atoms. The predicted molar refractivity (Wildman–Crippen MR) is 74.4 cm³/mol. The Balaban J connectivity index is 1.99. The molecule has 0 atom stereocenters. The van der Waals surface area contributed by atoms with Crippen LogP contribution >= 0.6 is 11.3 Å². The van der Waals surface area contributed by atoms with Gasteiger partial charge in [-0.2, -0.15) is 0 Å². The van der Waals surface area contributed by atoms with Crippen molar-refractivity contribution in [2.75, 3.05) is 0 Å². The van der Waals surface area contributed by atoms with Crippen molar-refractivity contribution >= 4 is 11.3 Å². The average molecular weight is 272 g/mol. The molecule has 0 aliphatic rings. The van der Waals surface area contributed by atoms with Gasteiger partial charge in [-0.3, -0.25) is 9.09 Å². The van der Waals surface area contributed by atoms with Gasteiger partial charge in [0.25, 0.3) is 0 Å². The van der Waals surface area contributed by atoms with Crippen molar-refractivity contribution in [2.24, 2.45) is 0 Å². The molecule has 5 heteroatoms. The van der Waals surface area contributed by atoms with Gasteiger partial charge in [0.2, 0.25) is 0 Å². The smallest absolute Gasteiger partial charge is 0.295 e. The summed E-state index contributed by atoms with van der Waals surface area (Å²) in [5.41, 5.74) is 2.24. The average Bonchev–Trinajstić information content (AvgIpc) is 3.03. The van der Waals surface area contributed by atoms with Gasteiger partial charge in [0.1, 0.15) is 0 Å². The highest BCUT2D eigenvalue weighted by Crippen LogP contribution is 2.22. The van der Waals surface area contributed by atoms with Crippen molar-refractivity contribution in [2.45, 2.75) is 13.5 Å². The van der Waals surface area contributed by atoms with Crippen LogP contribution in [-0.2, 0) is 6.54 Å². The minimum atomic E-state index is -0.427. The summed E-state index contributed by atoms with van der Waals surface area (Å²) < 4.78 is 6.33. The second kappa shape index (κ2) is 4.85. The first-order valence-corrected chi connectivity index (χ1v) is 6.78. The lowest BCUT2D eigenvalue weighted by molar-refractivity contribution is 0.378. The number of aromatic nitrogens is 2. The van der Waals surface area contributed by atoms with E-state index in [1.54, 1.807) is 4.57 Å². The molecule has 4 nitrogen and oxygen atoms in total. The standard InChI is InChI=1S/C14H12N2O2S/c1-10-4-6-11(7-5-10)9-16-13(15-18-14(16)17)12-3-2-8-19-12/h2-8H,9H2,1H3. The van der Waals surface area contributed by atoms with E-state index >= 15 is 0 Å². The molecule has 1 aromatic carbocycles. The molecule has 0 aliphatic carbocycles. The zero-order valence-corrected chi connectivity index (χ0v) is 11.2. The van der Waals surface area contributed by atoms with Crippen LogP contribution in [0, 0.1) is 6.92 Å². The first-order valence-electron chi connectivity index (χ1n) is 5.90. The molecule has 0 fully saturated rings. The Morgan fingerprint density at radius 2 is 2.05 bits per heavy atom. The first-order chi connectivity index (χ1) is 9.24. The molecule has 19 heavy (non-hydrogen) atoms. The maximum atomic E-state index is 11.7. The monoisotopic (exact) mass is 272 g/mol. The first kappa shape index (κ1) is 11.9. The fraction of sp³-hybridized carbons (Fsp3) is 0.143. The molecular weight excluding hydrogens is 260 g/mol. The summed E-state index contributed by atoms with van der Waals surface area (Å²) in [4.78, 5) is 12.7. The Morgan fingerprint density at radius 3 is 2.74 bits per heavy atom. The van der Waals surface area contributed by atoms with Crippen molar-refractivity contribution in [1.29, 1.82) is 0 Å². The second-order valence-electron chi connectivity index (χ2n) is 4.32. The maximum Gasteiger partial charge on any atom is 0.442 e. The van der Waals surface area contributed by atoms with Crippen molar-refractivity contribution in [3.05, 3.63) is 63.5 Å². The number of thiophene rings is 1. The van der Waals surface area contributed by atoms with E-state index in [4.69, 9.17) is 4.52 Å². The normalized spacial score (nSPS) is 10.8. The largest absolute Gasteiger partial charge is 0.442 e. The Labute approximate surface area is 113 Å². The third kappa shape index (κ3) is 2.37. The molecule has 3 aromatic rings. The number of hydrogen-bond donors (Lipinski definition) is 0. The SMILES string of the molecule is Cc1ccc(Cn2c(-c3cccs3)noc2=O)cc1. The lowest BCUT2D eigenvalue weighted by Crippen LogP contribution is -2.16. The summed E-state index contributed by atoms with van der Waals surface area (Å²) in [5, 5.41) is 5.81. The van der Waals surface area contributed by atoms with Crippen molar-refractivity contribution in [3.63, 3.8) is 0 Å². The van der Waals surface area contributed by atoms with Gasteiger partial charge in [0.15, 0.2) is 5.82 Å². The molecule has 0 aliphatic heterocycles. The fourth-order valence-electron chi connectivity index (χ4n) is 1.87. The van der Waals surface area contributed by atoms with E-state index in [0.717, 1.165) is 10.4 Å². The molecule has 2 aromatic heterocycles. The Kier molecular flexibility index (Phi) is 3.05.